The van der Waals surface area contributed by atoms with Gasteiger partial charge in [0.15, 0.2) is 0 Å². The first kappa shape index (κ1) is 19.1. The van der Waals surface area contributed by atoms with Crippen molar-refractivity contribution in [1.29, 1.82) is 0 Å². The molecule has 0 aliphatic heterocycles. The van der Waals surface area contributed by atoms with Crippen LogP contribution in [0.4, 0.5) is 20.2 Å². The Hall–Kier alpha value is -2.25. The molecule has 0 atom stereocenters. The zero-order valence-corrected chi connectivity index (χ0v) is 14.5. The van der Waals surface area contributed by atoms with Crippen LogP contribution in [0.5, 0.6) is 11.5 Å². The molecule has 9 heteroatoms. The molecule has 0 bridgehead atoms. The smallest absolute Gasteiger partial charge is 0.387 e. The number of hydrogen-bond donors (Lipinski definition) is 2. The van der Waals surface area contributed by atoms with Crippen LogP contribution >= 0.6 is 23.2 Å². The van der Waals surface area contributed by atoms with Crippen LogP contribution in [0.1, 0.15) is 0 Å². The van der Waals surface area contributed by atoms with Crippen LogP contribution in [0.15, 0.2) is 36.4 Å². The lowest BCUT2D eigenvalue weighted by molar-refractivity contribution is -0.114. The van der Waals surface area contributed by atoms with Crippen LogP contribution in [0.25, 0.3) is 0 Å². The summed E-state index contributed by atoms with van der Waals surface area (Å²) < 4.78 is 33.7. The van der Waals surface area contributed by atoms with E-state index >= 15 is 0 Å². The van der Waals surface area contributed by atoms with Gasteiger partial charge in [0.05, 0.1) is 24.4 Å². The van der Waals surface area contributed by atoms with Gasteiger partial charge in [-0.3, -0.25) is 4.79 Å². The van der Waals surface area contributed by atoms with E-state index in [0.29, 0.717) is 22.1 Å². The lowest BCUT2D eigenvalue weighted by Gasteiger charge is -2.12. The lowest BCUT2D eigenvalue weighted by Crippen LogP contribution is -2.22. The zero-order valence-electron chi connectivity index (χ0n) is 13.0. The van der Waals surface area contributed by atoms with Gasteiger partial charge in [-0.25, -0.2) is 0 Å². The van der Waals surface area contributed by atoms with Gasteiger partial charge in [0.25, 0.3) is 0 Å². The highest BCUT2D eigenvalue weighted by Gasteiger charge is 2.11. The van der Waals surface area contributed by atoms with Crippen LogP contribution < -0.4 is 20.1 Å². The minimum atomic E-state index is -2.96. The number of methoxy groups -OCH3 is 1. The minimum Gasteiger partial charge on any atom is -0.495 e. The molecule has 0 radical (unpaired) electrons. The van der Waals surface area contributed by atoms with Crippen LogP contribution in [0, 0.1) is 0 Å². The van der Waals surface area contributed by atoms with Crippen LogP contribution in [-0.2, 0) is 4.79 Å². The van der Waals surface area contributed by atoms with Crippen LogP contribution in [-0.4, -0.2) is 26.2 Å². The molecule has 2 rings (SSSR count). The van der Waals surface area contributed by atoms with E-state index < -0.39 is 6.61 Å². The Labute approximate surface area is 152 Å². The highest BCUT2D eigenvalue weighted by atomic mass is 35.5. The quantitative estimate of drug-likeness (QED) is 0.721. The molecule has 2 N–H and O–H groups in total. The van der Waals surface area contributed by atoms with E-state index in [1.165, 1.54) is 25.3 Å². The summed E-state index contributed by atoms with van der Waals surface area (Å²) in [6.07, 6.45) is 0. The van der Waals surface area contributed by atoms with Crippen molar-refractivity contribution >= 4 is 40.5 Å². The van der Waals surface area contributed by atoms with E-state index in [4.69, 9.17) is 27.9 Å². The highest BCUT2D eigenvalue weighted by molar-refractivity contribution is 6.32. The summed E-state index contributed by atoms with van der Waals surface area (Å²) in [5.74, 6) is -0.0331. The van der Waals surface area contributed by atoms with Gasteiger partial charge in [-0.2, -0.15) is 8.78 Å². The Morgan fingerprint density at radius 1 is 1.16 bits per heavy atom. The Morgan fingerprint density at radius 3 is 2.52 bits per heavy atom. The van der Waals surface area contributed by atoms with Crippen molar-refractivity contribution in [3.63, 3.8) is 0 Å². The third kappa shape index (κ3) is 5.65. The van der Waals surface area contributed by atoms with Crippen molar-refractivity contribution < 1.29 is 23.0 Å². The van der Waals surface area contributed by atoms with Crippen molar-refractivity contribution in [1.82, 2.24) is 0 Å². The van der Waals surface area contributed by atoms with Crippen molar-refractivity contribution in [3.05, 3.63) is 46.4 Å². The van der Waals surface area contributed by atoms with Crippen molar-refractivity contribution in [3.8, 4) is 11.5 Å². The molecule has 25 heavy (non-hydrogen) atoms. The number of nitrogens with one attached hydrogen (secondary N) is 2. The number of halogens is 4. The van der Waals surface area contributed by atoms with Crippen LogP contribution in [0.3, 0.4) is 0 Å². The first-order valence-electron chi connectivity index (χ1n) is 7.00. The second kappa shape index (κ2) is 8.73. The van der Waals surface area contributed by atoms with E-state index in [-0.39, 0.29) is 23.2 Å². The molecule has 1 amide bonds. The van der Waals surface area contributed by atoms with Gasteiger partial charge in [0, 0.05) is 10.7 Å². The topological polar surface area (TPSA) is 59.6 Å². The van der Waals surface area contributed by atoms with E-state index in [1.54, 1.807) is 18.2 Å². The first-order valence-corrected chi connectivity index (χ1v) is 7.76. The van der Waals surface area contributed by atoms with Crippen molar-refractivity contribution in [2.24, 2.45) is 0 Å². The maximum atomic E-state index is 12.2. The Balaban J connectivity index is 1.96. The Kier molecular flexibility index (Phi) is 6.66. The molecular formula is C16H14Cl2F2N2O3. The van der Waals surface area contributed by atoms with Crippen molar-refractivity contribution in [2.45, 2.75) is 6.61 Å². The predicted octanol–water partition coefficient (Wildman–Crippen LogP) is 4.65. The average molecular weight is 391 g/mol. The maximum Gasteiger partial charge on any atom is 0.387 e. The van der Waals surface area contributed by atoms with Gasteiger partial charge in [0.1, 0.15) is 11.5 Å². The fourth-order valence-electron chi connectivity index (χ4n) is 1.96. The molecule has 0 aromatic heterocycles. The van der Waals surface area contributed by atoms with Gasteiger partial charge in [-0.15, -0.1) is 0 Å². The molecular weight excluding hydrogens is 377 g/mol. The van der Waals surface area contributed by atoms with E-state index in [1.807, 2.05) is 0 Å². The first-order chi connectivity index (χ1) is 11.9. The number of rotatable bonds is 7. The summed E-state index contributed by atoms with van der Waals surface area (Å²) in [7, 11) is 1.47. The van der Waals surface area contributed by atoms with Gasteiger partial charge in [-0.1, -0.05) is 23.2 Å². The molecule has 0 aliphatic rings. The standard InChI is InChI=1S/C16H14Cl2F2N2O3/c1-24-14-4-2-9(17)6-12(14)22-15(23)8-21-10-3-5-13(11(18)7-10)25-16(19)20/h2-7,16,21H,8H2,1H3,(H,22,23). The van der Waals surface area contributed by atoms with E-state index in [9.17, 15) is 13.6 Å². The molecule has 134 valence electrons. The number of ether oxygens (including phenoxy) is 2. The molecule has 0 aliphatic carbocycles. The number of carbonyl (C=O) groups excluding carboxylic acids is 1. The molecule has 5 nitrogen and oxygen atoms in total. The fraction of sp³-hybridized carbons (Fsp3) is 0.188. The number of alkyl halides is 2. The maximum absolute atomic E-state index is 12.2. The number of benzene rings is 2. The van der Waals surface area contributed by atoms with Gasteiger partial charge in [-0.05, 0) is 36.4 Å². The number of carbonyl (C=O) groups is 1. The molecule has 2 aromatic carbocycles. The van der Waals surface area contributed by atoms with Gasteiger partial charge in [0.2, 0.25) is 5.91 Å². The summed E-state index contributed by atoms with van der Waals surface area (Å²) in [4.78, 5) is 12.0. The third-order valence-electron chi connectivity index (χ3n) is 3.04. The highest BCUT2D eigenvalue weighted by Crippen LogP contribution is 2.29. The van der Waals surface area contributed by atoms with Gasteiger partial charge < -0.3 is 20.1 Å². The normalized spacial score (nSPS) is 10.5. The Morgan fingerprint density at radius 2 is 1.88 bits per heavy atom. The molecule has 2 aromatic rings. The average Bonchev–Trinajstić information content (AvgIpc) is 2.55. The molecule has 0 heterocycles. The zero-order chi connectivity index (χ0) is 18.4. The summed E-state index contributed by atoms with van der Waals surface area (Å²) in [6.45, 7) is -3.05. The second-order valence-electron chi connectivity index (χ2n) is 4.77. The minimum absolute atomic E-state index is 0.00205. The Bertz CT molecular complexity index is 760. The summed E-state index contributed by atoms with van der Waals surface area (Å²) in [6, 6.07) is 8.97. The van der Waals surface area contributed by atoms with E-state index in [2.05, 4.69) is 15.4 Å². The number of amides is 1. The summed E-state index contributed by atoms with van der Waals surface area (Å²) in [5, 5.41) is 5.93. The summed E-state index contributed by atoms with van der Waals surface area (Å²) >= 11 is 11.7. The molecule has 0 spiro atoms. The van der Waals surface area contributed by atoms with Crippen LogP contribution in [0.2, 0.25) is 10.0 Å². The van der Waals surface area contributed by atoms with Gasteiger partial charge >= 0.3 is 6.61 Å². The predicted molar refractivity (Wildman–Crippen MR) is 93.2 cm³/mol. The molecule has 0 saturated heterocycles. The summed E-state index contributed by atoms with van der Waals surface area (Å²) in [5.41, 5.74) is 0.903. The second-order valence-corrected chi connectivity index (χ2v) is 5.61. The van der Waals surface area contributed by atoms with Crippen molar-refractivity contribution in [2.75, 3.05) is 24.3 Å². The fourth-order valence-corrected chi connectivity index (χ4v) is 2.35. The monoisotopic (exact) mass is 390 g/mol. The molecule has 0 fully saturated rings. The SMILES string of the molecule is COc1ccc(Cl)cc1NC(=O)CNc1ccc(OC(F)F)c(Cl)c1. The largest absolute Gasteiger partial charge is 0.495 e. The third-order valence-corrected chi connectivity index (χ3v) is 3.57. The number of anilines is 2. The molecule has 0 unspecified atom stereocenters. The lowest BCUT2D eigenvalue weighted by atomic mass is 10.2. The van der Waals surface area contributed by atoms with E-state index in [0.717, 1.165) is 0 Å². The number of hydrogen-bond acceptors (Lipinski definition) is 4. The molecule has 0 saturated carbocycles.